The number of carbonyl (C=O) groups is 1. The van der Waals surface area contributed by atoms with Gasteiger partial charge in [-0.3, -0.25) is 4.79 Å². The number of benzene rings is 2. The standard InChI is InChI=1S/C17H16N2O2/c1-12-9-13(10-18)7-8-15(12)17(21)19-16(11-20)14-5-3-2-4-6-14/h2-9,16,20H,11H2,1H3,(H,19,21). The Morgan fingerprint density at radius 2 is 2.00 bits per heavy atom. The monoisotopic (exact) mass is 280 g/mol. The lowest BCUT2D eigenvalue weighted by molar-refractivity contribution is 0.0915. The summed E-state index contributed by atoms with van der Waals surface area (Å²) in [5.74, 6) is -0.264. The molecule has 4 nitrogen and oxygen atoms in total. The van der Waals surface area contributed by atoms with Crippen LogP contribution in [0.2, 0.25) is 0 Å². The smallest absolute Gasteiger partial charge is 0.252 e. The largest absolute Gasteiger partial charge is 0.394 e. The Hall–Kier alpha value is -2.64. The Kier molecular flexibility index (Phi) is 4.70. The normalized spacial score (nSPS) is 11.5. The number of nitrogens with one attached hydrogen (secondary N) is 1. The molecule has 106 valence electrons. The molecule has 2 aromatic rings. The summed E-state index contributed by atoms with van der Waals surface area (Å²) in [6.45, 7) is 1.61. The number of carbonyl (C=O) groups excluding carboxylic acids is 1. The highest BCUT2D eigenvalue weighted by atomic mass is 16.3. The van der Waals surface area contributed by atoms with E-state index < -0.39 is 6.04 Å². The quantitative estimate of drug-likeness (QED) is 0.902. The van der Waals surface area contributed by atoms with Gasteiger partial charge >= 0.3 is 0 Å². The lowest BCUT2D eigenvalue weighted by Gasteiger charge is -2.17. The molecule has 0 bridgehead atoms. The predicted octanol–water partition coefficient (Wildman–Crippen LogP) is 2.33. The van der Waals surface area contributed by atoms with E-state index in [0.717, 1.165) is 11.1 Å². The van der Waals surface area contributed by atoms with Gasteiger partial charge in [-0.15, -0.1) is 0 Å². The zero-order chi connectivity index (χ0) is 15.2. The third-order valence-electron chi connectivity index (χ3n) is 3.29. The van der Waals surface area contributed by atoms with Gasteiger partial charge in [0.15, 0.2) is 0 Å². The lowest BCUT2D eigenvalue weighted by Crippen LogP contribution is -2.31. The number of aliphatic hydroxyl groups is 1. The molecule has 0 aliphatic heterocycles. The Bertz CT molecular complexity index is 675. The van der Waals surface area contributed by atoms with E-state index >= 15 is 0 Å². The summed E-state index contributed by atoms with van der Waals surface area (Å²) < 4.78 is 0. The molecular weight excluding hydrogens is 264 g/mol. The first-order valence-corrected chi connectivity index (χ1v) is 6.63. The molecule has 21 heavy (non-hydrogen) atoms. The third-order valence-corrected chi connectivity index (χ3v) is 3.29. The van der Waals surface area contributed by atoms with Gasteiger partial charge < -0.3 is 10.4 Å². The molecule has 0 saturated carbocycles. The second-order valence-corrected chi connectivity index (χ2v) is 4.76. The summed E-state index contributed by atoms with van der Waals surface area (Å²) in [6, 6.07) is 15.8. The molecule has 1 unspecified atom stereocenters. The van der Waals surface area contributed by atoms with Gasteiger partial charge in [-0.25, -0.2) is 0 Å². The maximum atomic E-state index is 12.3. The molecule has 0 heterocycles. The number of nitrogens with zero attached hydrogens (tertiary/aromatic N) is 1. The zero-order valence-corrected chi connectivity index (χ0v) is 11.7. The first kappa shape index (κ1) is 14.8. The Labute approximate surface area is 123 Å². The van der Waals surface area contributed by atoms with Gasteiger partial charge in [0.05, 0.1) is 24.3 Å². The van der Waals surface area contributed by atoms with Crippen molar-refractivity contribution in [2.45, 2.75) is 13.0 Å². The summed E-state index contributed by atoms with van der Waals surface area (Å²) in [5.41, 5.74) is 2.60. The highest BCUT2D eigenvalue weighted by Gasteiger charge is 2.16. The molecule has 0 saturated heterocycles. The number of amides is 1. The number of aliphatic hydroxyl groups excluding tert-OH is 1. The highest BCUT2D eigenvalue weighted by molar-refractivity contribution is 5.96. The Morgan fingerprint density at radius 1 is 1.29 bits per heavy atom. The van der Waals surface area contributed by atoms with Crippen molar-refractivity contribution in [1.29, 1.82) is 5.26 Å². The lowest BCUT2D eigenvalue weighted by atomic mass is 10.0. The first-order chi connectivity index (χ1) is 10.2. The fourth-order valence-corrected chi connectivity index (χ4v) is 2.14. The van der Waals surface area contributed by atoms with Crippen molar-refractivity contribution >= 4 is 5.91 Å². The topological polar surface area (TPSA) is 73.1 Å². The van der Waals surface area contributed by atoms with E-state index in [1.807, 2.05) is 36.4 Å². The molecule has 2 N–H and O–H groups in total. The second kappa shape index (κ2) is 6.69. The van der Waals surface area contributed by atoms with Crippen LogP contribution in [-0.2, 0) is 0 Å². The number of aryl methyl sites for hydroxylation is 1. The summed E-state index contributed by atoms with van der Waals surface area (Å²) in [6.07, 6.45) is 0. The number of rotatable bonds is 4. The molecule has 4 heteroatoms. The maximum absolute atomic E-state index is 12.3. The van der Waals surface area contributed by atoms with Gasteiger partial charge in [-0.05, 0) is 36.2 Å². The molecule has 1 atom stereocenters. The fourth-order valence-electron chi connectivity index (χ4n) is 2.14. The van der Waals surface area contributed by atoms with E-state index in [1.54, 1.807) is 25.1 Å². The number of nitriles is 1. The molecule has 0 fully saturated rings. The van der Waals surface area contributed by atoms with E-state index in [4.69, 9.17) is 5.26 Å². The number of hydrogen-bond acceptors (Lipinski definition) is 3. The summed E-state index contributed by atoms with van der Waals surface area (Å²) in [7, 11) is 0. The molecule has 1 amide bonds. The minimum absolute atomic E-state index is 0.176. The first-order valence-electron chi connectivity index (χ1n) is 6.63. The SMILES string of the molecule is Cc1cc(C#N)ccc1C(=O)NC(CO)c1ccccc1. The Morgan fingerprint density at radius 3 is 2.57 bits per heavy atom. The highest BCUT2D eigenvalue weighted by Crippen LogP contribution is 2.15. The van der Waals surface area contributed by atoms with Crippen LogP contribution in [0, 0.1) is 18.3 Å². The molecule has 0 spiro atoms. The molecule has 0 aliphatic carbocycles. The summed E-state index contributed by atoms with van der Waals surface area (Å²) in [5, 5.41) is 21.1. The van der Waals surface area contributed by atoms with Gasteiger partial charge in [0, 0.05) is 5.56 Å². The molecule has 2 rings (SSSR count). The van der Waals surface area contributed by atoms with Gasteiger partial charge in [-0.2, -0.15) is 5.26 Å². The van der Waals surface area contributed by atoms with Crippen LogP contribution in [0.3, 0.4) is 0 Å². The minimum Gasteiger partial charge on any atom is -0.394 e. The van der Waals surface area contributed by atoms with E-state index in [1.165, 1.54) is 0 Å². The predicted molar refractivity (Wildman–Crippen MR) is 79.6 cm³/mol. The van der Waals surface area contributed by atoms with Crippen molar-refractivity contribution in [2.24, 2.45) is 0 Å². The van der Waals surface area contributed by atoms with Gasteiger partial charge in [-0.1, -0.05) is 30.3 Å². The molecule has 0 aliphatic rings. The van der Waals surface area contributed by atoms with Crippen molar-refractivity contribution in [1.82, 2.24) is 5.32 Å². The average Bonchev–Trinajstić information content (AvgIpc) is 2.53. The van der Waals surface area contributed by atoms with Crippen LogP contribution in [0.15, 0.2) is 48.5 Å². The van der Waals surface area contributed by atoms with E-state index in [9.17, 15) is 9.90 Å². The van der Waals surface area contributed by atoms with Crippen molar-refractivity contribution in [3.8, 4) is 6.07 Å². The van der Waals surface area contributed by atoms with E-state index in [2.05, 4.69) is 5.32 Å². The molecular formula is C17H16N2O2. The van der Waals surface area contributed by atoms with Gasteiger partial charge in [0.25, 0.3) is 5.91 Å². The summed E-state index contributed by atoms with van der Waals surface area (Å²) in [4.78, 5) is 12.3. The molecule has 2 aromatic carbocycles. The molecule has 0 aromatic heterocycles. The van der Waals surface area contributed by atoms with Crippen LogP contribution in [0.4, 0.5) is 0 Å². The number of hydrogen-bond donors (Lipinski definition) is 2. The van der Waals surface area contributed by atoms with Crippen LogP contribution < -0.4 is 5.32 Å². The van der Waals surface area contributed by atoms with Crippen molar-refractivity contribution in [3.63, 3.8) is 0 Å². The fraction of sp³-hybridized carbons (Fsp3) is 0.176. The van der Waals surface area contributed by atoms with Crippen molar-refractivity contribution < 1.29 is 9.90 Å². The van der Waals surface area contributed by atoms with Crippen LogP contribution in [0.1, 0.15) is 33.1 Å². The zero-order valence-electron chi connectivity index (χ0n) is 11.7. The van der Waals surface area contributed by atoms with Crippen LogP contribution in [-0.4, -0.2) is 17.6 Å². The van der Waals surface area contributed by atoms with E-state index in [0.29, 0.717) is 11.1 Å². The third kappa shape index (κ3) is 3.47. The Balaban J connectivity index is 2.19. The van der Waals surface area contributed by atoms with Crippen LogP contribution >= 0.6 is 0 Å². The van der Waals surface area contributed by atoms with E-state index in [-0.39, 0.29) is 12.5 Å². The van der Waals surface area contributed by atoms with Gasteiger partial charge in [0.2, 0.25) is 0 Å². The summed E-state index contributed by atoms with van der Waals surface area (Å²) >= 11 is 0. The average molecular weight is 280 g/mol. The van der Waals surface area contributed by atoms with Gasteiger partial charge in [0.1, 0.15) is 0 Å². The second-order valence-electron chi connectivity index (χ2n) is 4.76. The maximum Gasteiger partial charge on any atom is 0.252 e. The van der Waals surface area contributed by atoms with Crippen LogP contribution in [0.25, 0.3) is 0 Å². The van der Waals surface area contributed by atoms with Crippen molar-refractivity contribution in [3.05, 3.63) is 70.8 Å². The molecule has 0 radical (unpaired) electrons. The van der Waals surface area contributed by atoms with Crippen molar-refractivity contribution in [2.75, 3.05) is 6.61 Å². The van der Waals surface area contributed by atoms with Crippen LogP contribution in [0.5, 0.6) is 0 Å². The minimum atomic E-state index is -0.450.